The van der Waals surface area contributed by atoms with E-state index in [4.69, 9.17) is 0 Å². The van der Waals surface area contributed by atoms with Gasteiger partial charge in [-0.1, -0.05) is 12.1 Å². The molecular weight excluding hydrogens is 222 g/mol. The highest BCUT2D eigenvalue weighted by atomic mass is 16.6. The fraction of sp³-hybridized carbons (Fsp3) is 0.250. The van der Waals surface area contributed by atoms with E-state index in [0.29, 0.717) is 18.4 Å². The van der Waals surface area contributed by atoms with E-state index >= 15 is 0 Å². The van der Waals surface area contributed by atoms with E-state index in [1.54, 1.807) is 12.1 Å². The van der Waals surface area contributed by atoms with Gasteiger partial charge in [-0.3, -0.25) is 10.1 Å². The molecule has 1 rings (SSSR count). The predicted octanol–water partition coefficient (Wildman–Crippen LogP) is 2.20. The van der Waals surface area contributed by atoms with Gasteiger partial charge in [0.2, 0.25) is 6.20 Å². The van der Waals surface area contributed by atoms with Crippen LogP contribution in [0.15, 0.2) is 36.5 Å². The van der Waals surface area contributed by atoms with Crippen LogP contribution in [0.1, 0.15) is 22.3 Å². The Morgan fingerprint density at radius 3 is 2.59 bits per heavy atom. The van der Waals surface area contributed by atoms with Gasteiger partial charge < -0.3 is 4.74 Å². The van der Waals surface area contributed by atoms with Gasteiger partial charge in [-0.15, -0.1) is 0 Å². The van der Waals surface area contributed by atoms with Crippen molar-refractivity contribution in [2.24, 2.45) is 0 Å². The molecule has 1 aromatic carbocycles. The summed E-state index contributed by atoms with van der Waals surface area (Å²) < 4.78 is 4.58. The van der Waals surface area contributed by atoms with E-state index in [1.807, 2.05) is 12.1 Å². The second-order valence-electron chi connectivity index (χ2n) is 3.40. The lowest BCUT2D eigenvalue weighted by Gasteiger charge is -2.01. The van der Waals surface area contributed by atoms with Gasteiger partial charge in [0, 0.05) is 0 Å². The Morgan fingerprint density at radius 1 is 1.41 bits per heavy atom. The molecule has 0 aliphatic rings. The highest BCUT2D eigenvalue weighted by molar-refractivity contribution is 5.89. The predicted molar refractivity (Wildman–Crippen MR) is 62.2 cm³/mol. The van der Waals surface area contributed by atoms with Crippen molar-refractivity contribution < 1.29 is 14.5 Å². The highest BCUT2D eigenvalue weighted by Gasteiger charge is 2.03. The topological polar surface area (TPSA) is 69.4 Å². The number of carbonyl (C=O) groups excluding carboxylic acids is 1. The van der Waals surface area contributed by atoms with E-state index in [1.165, 1.54) is 13.2 Å². The number of ether oxygens (including phenoxy) is 1. The molecule has 0 saturated carbocycles. The first-order valence-electron chi connectivity index (χ1n) is 5.11. The molecule has 5 nitrogen and oxygen atoms in total. The zero-order valence-corrected chi connectivity index (χ0v) is 9.46. The van der Waals surface area contributed by atoms with Crippen LogP contribution in [0.3, 0.4) is 0 Å². The van der Waals surface area contributed by atoms with Crippen LogP contribution in [0.25, 0.3) is 0 Å². The smallest absolute Gasteiger partial charge is 0.337 e. The van der Waals surface area contributed by atoms with Gasteiger partial charge >= 0.3 is 5.97 Å². The van der Waals surface area contributed by atoms with Crippen LogP contribution in [0.4, 0.5) is 0 Å². The van der Waals surface area contributed by atoms with Crippen molar-refractivity contribution >= 4 is 5.97 Å². The summed E-state index contributed by atoms with van der Waals surface area (Å²) in [6, 6.07) is 6.98. The van der Waals surface area contributed by atoms with Crippen molar-refractivity contribution in [2.45, 2.75) is 12.8 Å². The zero-order valence-electron chi connectivity index (χ0n) is 9.46. The molecule has 90 valence electrons. The number of aryl methyl sites for hydroxylation is 1. The lowest BCUT2D eigenvalue weighted by atomic mass is 10.1. The molecule has 0 aliphatic heterocycles. The maximum atomic E-state index is 11.2. The summed E-state index contributed by atoms with van der Waals surface area (Å²) in [4.78, 5) is 20.7. The van der Waals surface area contributed by atoms with Crippen LogP contribution in [0.5, 0.6) is 0 Å². The molecule has 5 heteroatoms. The molecule has 0 atom stereocenters. The van der Waals surface area contributed by atoms with Crippen LogP contribution >= 0.6 is 0 Å². The third kappa shape index (κ3) is 4.46. The first-order valence-corrected chi connectivity index (χ1v) is 5.11. The Balaban J connectivity index is 2.51. The summed E-state index contributed by atoms with van der Waals surface area (Å²) >= 11 is 0. The minimum Gasteiger partial charge on any atom is -0.465 e. The highest BCUT2D eigenvalue weighted by Crippen LogP contribution is 2.08. The average molecular weight is 235 g/mol. The summed E-state index contributed by atoms with van der Waals surface area (Å²) in [5.74, 6) is -0.371. The molecule has 0 heterocycles. The fourth-order valence-corrected chi connectivity index (χ4v) is 1.34. The number of rotatable bonds is 5. The molecule has 0 aliphatic carbocycles. The van der Waals surface area contributed by atoms with E-state index in [9.17, 15) is 14.9 Å². The van der Waals surface area contributed by atoms with E-state index < -0.39 is 4.92 Å². The molecule has 0 saturated heterocycles. The summed E-state index contributed by atoms with van der Waals surface area (Å²) in [5, 5.41) is 10.0. The minimum atomic E-state index is -0.486. The molecule has 1 aromatic rings. The van der Waals surface area contributed by atoms with E-state index in [2.05, 4.69) is 4.74 Å². The molecule has 0 fully saturated rings. The number of allylic oxidation sites excluding steroid dienone is 1. The monoisotopic (exact) mass is 235 g/mol. The van der Waals surface area contributed by atoms with E-state index in [0.717, 1.165) is 11.8 Å². The van der Waals surface area contributed by atoms with E-state index in [-0.39, 0.29) is 5.97 Å². The Hall–Kier alpha value is -2.17. The normalized spacial score (nSPS) is 10.4. The van der Waals surface area contributed by atoms with Crippen molar-refractivity contribution in [3.05, 3.63) is 57.8 Å². The van der Waals surface area contributed by atoms with Crippen LogP contribution in [0, 0.1) is 10.1 Å². The summed E-state index contributed by atoms with van der Waals surface area (Å²) in [6.07, 6.45) is 3.74. The quantitative estimate of drug-likeness (QED) is 0.445. The second kappa shape index (κ2) is 6.42. The van der Waals surface area contributed by atoms with Gasteiger partial charge in [0.1, 0.15) is 0 Å². The van der Waals surface area contributed by atoms with Crippen molar-refractivity contribution in [1.82, 2.24) is 0 Å². The number of carbonyl (C=O) groups is 1. The number of hydrogen-bond donors (Lipinski definition) is 0. The molecular formula is C12H13NO4. The maximum absolute atomic E-state index is 11.2. The van der Waals surface area contributed by atoms with Crippen molar-refractivity contribution in [3.63, 3.8) is 0 Å². The van der Waals surface area contributed by atoms with Gasteiger partial charge in [-0.25, -0.2) is 4.79 Å². The van der Waals surface area contributed by atoms with Gasteiger partial charge in [-0.05, 0) is 36.6 Å². The first-order chi connectivity index (χ1) is 8.13. The molecule has 0 unspecified atom stereocenters. The second-order valence-corrected chi connectivity index (χ2v) is 3.40. The number of methoxy groups -OCH3 is 1. The zero-order chi connectivity index (χ0) is 12.7. The molecule has 0 bridgehead atoms. The summed E-state index contributed by atoms with van der Waals surface area (Å²) in [6.45, 7) is 0. The van der Waals surface area contributed by atoms with Crippen LogP contribution in [-0.2, 0) is 11.2 Å². The molecule has 0 amide bonds. The molecule has 0 radical (unpaired) electrons. The average Bonchev–Trinajstić information content (AvgIpc) is 2.34. The minimum absolute atomic E-state index is 0.371. The number of nitro groups is 1. The van der Waals surface area contributed by atoms with Crippen LogP contribution in [-0.4, -0.2) is 18.0 Å². The third-order valence-electron chi connectivity index (χ3n) is 2.20. The Kier molecular flexibility index (Phi) is 4.87. The number of nitrogens with zero attached hydrogens (tertiary/aromatic N) is 1. The van der Waals surface area contributed by atoms with Gasteiger partial charge in [0.05, 0.1) is 17.6 Å². The van der Waals surface area contributed by atoms with Crippen molar-refractivity contribution in [3.8, 4) is 0 Å². The first kappa shape index (κ1) is 12.9. The third-order valence-corrected chi connectivity index (χ3v) is 2.20. The molecule has 0 N–H and O–H groups in total. The Morgan fingerprint density at radius 2 is 2.06 bits per heavy atom. The fourth-order valence-electron chi connectivity index (χ4n) is 1.34. The van der Waals surface area contributed by atoms with Gasteiger partial charge in [0.15, 0.2) is 0 Å². The molecule has 0 spiro atoms. The van der Waals surface area contributed by atoms with Crippen molar-refractivity contribution in [1.29, 1.82) is 0 Å². The standard InChI is InChI=1S/C12H13NO4/c1-17-12(14)11-7-5-10(6-8-11)4-2-3-9-13(15)16/h3,5-9H,2,4H2,1H3. The number of benzene rings is 1. The molecule has 0 aromatic heterocycles. The maximum Gasteiger partial charge on any atom is 0.337 e. The summed E-state index contributed by atoms with van der Waals surface area (Å²) in [5.41, 5.74) is 1.52. The molecule has 17 heavy (non-hydrogen) atoms. The van der Waals surface area contributed by atoms with Crippen LogP contribution in [0.2, 0.25) is 0 Å². The van der Waals surface area contributed by atoms with Crippen molar-refractivity contribution in [2.75, 3.05) is 7.11 Å². The number of esters is 1. The summed E-state index contributed by atoms with van der Waals surface area (Å²) in [7, 11) is 1.33. The SMILES string of the molecule is COC(=O)c1ccc(CCC=C[N+](=O)[O-])cc1. The van der Waals surface area contributed by atoms with Gasteiger partial charge in [-0.2, -0.15) is 0 Å². The Bertz CT molecular complexity index is 423. The van der Waals surface area contributed by atoms with Gasteiger partial charge in [0.25, 0.3) is 0 Å². The number of hydrogen-bond acceptors (Lipinski definition) is 4. The largest absolute Gasteiger partial charge is 0.465 e. The lowest BCUT2D eigenvalue weighted by Crippen LogP contribution is -2.00. The lowest BCUT2D eigenvalue weighted by molar-refractivity contribution is -0.402. The Labute approximate surface area is 98.9 Å². The van der Waals surface area contributed by atoms with Crippen LogP contribution < -0.4 is 0 Å².